The number of anilines is 1. The van der Waals surface area contributed by atoms with Crippen LogP contribution >= 0.6 is 0 Å². The number of alkyl halides is 3. The molecule has 2 aromatic carbocycles. The minimum Gasteiger partial charge on any atom is -0.406 e. The van der Waals surface area contributed by atoms with E-state index in [9.17, 15) is 22.8 Å². The molecule has 3 rings (SSSR count). The Kier molecular flexibility index (Phi) is 6.19. The molecule has 1 heterocycles. The van der Waals surface area contributed by atoms with Gasteiger partial charge in [0.15, 0.2) is 0 Å². The zero-order valence-electron chi connectivity index (χ0n) is 16.6. The Morgan fingerprint density at radius 3 is 2.67 bits per heavy atom. The fraction of sp³-hybridized carbons (Fsp3) is 0.333. The maximum absolute atomic E-state index is 12.7. The Balaban J connectivity index is 1.61. The van der Waals surface area contributed by atoms with Crippen LogP contribution in [0.3, 0.4) is 0 Å². The van der Waals surface area contributed by atoms with Crippen LogP contribution in [-0.4, -0.2) is 42.8 Å². The van der Waals surface area contributed by atoms with Crippen LogP contribution in [0.1, 0.15) is 17.5 Å². The molecule has 0 aromatic heterocycles. The number of urea groups is 1. The normalized spacial score (nSPS) is 16.5. The molecule has 1 atom stereocenters. The molecule has 3 amide bonds. The minimum atomic E-state index is -4.81. The highest BCUT2D eigenvalue weighted by Crippen LogP contribution is 2.29. The van der Waals surface area contributed by atoms with Crippen LogP contribution in [-0.2, 0) is 11.3 Å². The molecule has 1 fully saturated rings. The molecule has 1 aliphatic rings. The second-order valence-corrected chi connectivity index (χ2v) is 7.17. The summed E-state index contributed by atoms with van der Waals surface area (Å²) >= 11 is 0. The lowest BCUT2D eigenvalue weighted by Crippen LogP contribution is -2.46. The molecule has 1 aliphatic heterocycles. The number of nitrogens with zero attached hydrogens (tertiary/aromatic N) is 2. The van der Waals surface area contributed by atoms with Crippen molar-refractivity contribution in [3.8, 4) is 5.75 Å². The van der Waals surface area contributed by atoms with Crippen molar-refractivity contribution in [2.75, 3.05) is 18.5 Å². The Morgan fingerprint density at radius 1 is 1.23 bits per heavy atom. The summed E-state index contributed by atoms with van der Waals surface area (Å²) in [5.74, 6) is -0.783. The summed E-state index contributed by atoms with van der Waals surface area (Å²) in [6.45, 7) is 2.62. The summed E-state index contributed by atoms with van der Waals surface area (Å²) in [6.07, 6.45) is -4.46. The van der Waals surface area contributed by atoms with Crippen LogP contribution in [0.15, 0.2) is 48.5 Å². The van der Waals surface area contributed by atoms with Gasteiger partial charge in [0.05, 0.1) is 0 Å². The van der Waals surface area contributed by atoms with E-state index in [1.807, 2.05) is 31.2 Å². The first-order chi connectivity index (χ1) is 14.1. The fourth-order valence-electron chi connectivity index (χ4n) is 3.33. The van der Waals surface area contributed by atoms with Crippen molar-refractivity contribution < 1.29 is 27.5 Å². The molecular formula is C21H22F3N3O3. The van der Waals surface area contributed by atoms with Crippen molar-refractivity contribution >= 4 is 17.6 Å². The van der Waals surface area contributed by atoms with Gasteiger partial charge in [0.1, 0.15) is 11.8 Å². The van der Waals surface area contributed by atoms with E-state index in [2.05, 4.69) is 10.1 Å². The van der Waals surface area contributed by atoms with Gasteiger partial charge in [-0.05, 0) is 31.0 Å². The Morgan fingerprint density at radius 2 is 1.97 bits per heavy atom. The number of amides is 3. The van der Waals surface area contributed by atoms with Gasteiger partial charge in [-0.25, -0.2) is 4.79 Å². The molecule has 1 N–H and O–H groups in total. The van der Waals surface area contributed by atoms with E-state index in [-0.39, 0.29) is 18.1 Å². The molecule has 0 aliphatic carbocycles. The number of halogens is 3. The van der Waals surface area contributed by atoms with Crippen molar-refractivity contribution in [3.63, 3.8) is 0 Å². The SMILES string of the molecule is Cc1cccc(CN(C)C(=O)NC2CCN(c3cccc(OC(F)(F)F)c3)C2=O)c1. The zero-order valence-corrected chi connectivity index (χ0v) is 16.6. The molecule has 30 heavy (non-hydrogen) atoms. The van der Waals surface area contributed by atoms with E-state index in [1.165, 1.54) is 21.9 Å². The second kappa shape index (κ2) is 8.64. The Bertz CT molecular complexity index is 933. The van der Waals surface area contributed by atoms with Crippen LogP contribution in [0, 0.1) is 6.92 Å². The number of carbonyl (C=O) groups is 2. The van der Waals surface area contributed by atoms with Crippen LogP contribution in [0.4, 0.5) is 23.7 Å². The van der Waals surface area contributed by atoms with E-state index >= 15 is 0 Å². The van der Waals surface area contributed by atoms with Crippen molar-refractivity contribution in [1.82, 2.24) is 10.2 Å². The Hall–Kier alpha value is -3.23. The van der Waals surface area contributed by atoms with Crippen molar-refractivity contribution in [2.24, 2.45) is 0 Å². The molecule has 0 saturated carbocycles. The van der Waals surface area contributed by atoms with Gasteiger partial charge < -0.3 is 19.9 Å². The molecule has 6 nitrogen and oxygen atoms in total. The van der Waals surface area contributed by atoms with E-state index in [0.717, 1.165) is 23.3 Å². The molecule has 160 valence electrons. The van der Waals surface area contributed by atoms with Gasteiger partial charge in [-0.15, -0.1) is 13.2 Å². The first kappa shape index (κ1) is 21.5. The van der Waals surface area contributed by atoms with Gasteiger partial charge in [-0.1, -0.05) is 35.9 Å². The second-order valence-electron chi connectivity index (χ2n) is 7.17. The Labute approximate surface area is 172 Å². The van der Waals surface area contributed by atoms with Crippen molar-refractivity contribution in [3.05, 3.63) is 59.7 Å². The van der Waals surface area contributed by atoms with Crippen LogP contribution in [0.2, 0.25) is 0 Å². The average Bonchev–Trinajstić information content (AvgIpc) is 3.01. The van der Waals surface area contributed by atoms with Crippen molar-refractivity contribution in [1.29, 1.82) is 0 Å². The molecule has 0 radical (unpaired) electrons. The topological polar surface area (TPSA) is 61.9 Å². The van der Waals surface area contributed by atoms with Crippen molar-refractivity contribution in [2.45, 2.75) is 32.3 Å². The smallest absolute Gasteiger partial charge is 0.406 e. The molecule has 9 heteroatoms. The number of hydrogen-bond donors (Lipinski definition) is 1. The lowest BCUT2D eigenvalue weighted by molar-refractivity contribution is -0.274. The summed E-state index contributed by atoms with van der Waals surface area (Å²) in [5.41, 5.74) is 2.33. The summed E-state index contributed by atoms with van der Waals surface area (Å²) in [5, 5.41) is 2.70. The number of carbonyl (C=O) groups excluding carboxylic acids is 2. The van der Waals surface area contributed by atoms with Gasteiger partial charge in [-0.2, -0.15) is 0 Å². The maximum Gasteiger partial charge on any atom is 0.573 e. The van der Waals surface area contributed by atoms with Gasteiger partial charge in [0.25, 0.3) is 0 Å². The number of ether oxygens (including phenoxy) is 1. The predicted molar refractivity (Wildman–Crippen MR) is 105 cm³/mol. The van der Waals surface area contributed by atoms with E-state index in [4.69, 9.17) is 0 Å². The highest BCUT2D eigenvalue weighted by Gasteiger charge is 2.35. The number of aryl methyl sites for hydroxylation is 1. The third kappa shape index (κ3) is 5.43. The van der Waals surface area contributed by atoms with Gasteiger partial charge in [0, 0.05) is 31.9 Å². The minimum absolute atomic E-state index is 0.279. The number of benzene rings is 2. The molecule has 0 spiro atoms. The van der Waals surface area contributed by atoms with Crippen LogP contribution in [0.5, 0.6) is 5.75 Å². The molecule has 0 bridgehead atoms. The monoisotopic (exact) mass is 421 g/mol. The molecule has 1 unspecified atom stereocenters. The average molecular weight is 421 g/mol. The fourth-order valence-corrected chi connectivity index (χ4v) is 3.33. The number of nitrogens with one attached hydrogen (secondary N) is 1. The lowest BCUT2D eigenvalue weighted by Gasteiger charge is -2.22. The first-order valence-corrected chi connectivity index (χ1v) is 9.37. The predicted octanol–water partition coefficient (Wildman–Crippen LogP) is 3.84. The zero-order chi connectivity index (χ0) is 21.9. The lowest BCUT2D eigenvalue weighted by atomic mass is 10.1. The summed E-state index contributed by atoms with van der Waals surface area (Å²) in [7, 11) is 1.63. The third-order valence-corrected chi connectivity index (χ3v) is 4.72. The quantitative estimate of drug-likeness (QED) is 0.798. The van der Waals surface area contributed by atoms with Gasteiger partial charge >= 0.3 is 12.4 Å². The third-order valence-electron chi connectivity index (χ3n) is 4.72. The summed E-state index contributed by atoms with van der Waals surface area (Å²) in [6, 6.07) is 11.8. The summed E-state index contributed by atoms with van der Waals surface area (Å²) < 4.78 is 41.2. The molecule has 1 saturated heterocycles. The highest BCUT2D eigenvalue weighted by molar-refractivity contribution is 6.01. The number of hydrogen-bond acceptors (Lipinski definition) is 3. The van der Waals surface area contributed by atoms with E-state index in [1.54, 1.807) is 7.05 Å². The van der Waals surface area contributed by atoms with Gasteiger partial charge in [0.2, 0.25) is 5.91 Å². The largest absolute Gasteiger partial charge is 0.573 e. The molecular weight excluding hydrogens is 399 g/mol. The van der Waals surface area contributed by atoms with E-state index in [0.29, 0.717) is 13.0 Å². The highest BCUT2D eigenvalue weighted by atomic mass is 19.4. The van der Waals surface area contributed by atoms with Gasteiger partial charge in [-0.3, -0.25) is 4.79 Å². The summed E-state index contributed by atoms with van der Waals surface area (Å²) in [4.78, 5) is 28.0. The van der Waals surface area contributed by atoms with Crippen LogP contribution in [0.25, 0.3) is 0 Å². The first-order valence-electron chi connectivity index (χ1n) is 9.37. The number of rotatable bonds is 5. The standard InChI is InChI=1S/C21H22F3N3O3/c1-14-5-3-6-15(11-14)13-26(2)20(29)25-18-9-10-27(19(18)28)16-7-4-8-17(12-16)30-21(22,23)24/h3-8,11-12,18H,9-10,13H2,1-2H3,(H,25,29). The van der Waals surface area contributed by atoms with E-state index < -0.39 is 24.2 Å². The maximum atomic E-state index is 12.7. The molecule has 2 aromatic rings. The van der Waals surface area contributed by atoms with Crippen LogP contribution < -0.4 is 15.0 Å².